The Morgan fingerprint density at radius 3 is 0.917 bits per heavy atom. The summed E-state index contributed by atoms with van der Waals surface area (Å²) in [5, 5.41) is 27.9. The maximum absolute atomic E-state index is 8.56. The highest BCUT2D eigenvalue weighted by Crippen LogP contribution is 1.56. The largest absolute Gasteiger partial charge is 0.503 e. The van der Waals surface area contributed by atoms with Crippen LogP contribution in [0, 0.1) is 0 Å². The predicted octanol–water partition coefficient (Wildman–Crippen LogP) is 2.50. The van der Waals surface area contributed by atoms with Crippen LogP contribution in [0.15, 0.2) is 0 Å². The normalized spacial score (nSPS) is 5.50. The fraction of sp³-hybridized carbons (Fsp3) is 0.667. The molecule has 0 radical (unpaired) electrons. The molecule has 6 nitrogen and oxygen atoms in total. The van der Waals surface area contributed by atoms with E-state index in [0.29, 0.717) is 0 Å². The van der Waals surface area contributed by atoms with Gasteiger partial charge in [-0.1, -0.05) is 27.7 Å². The van der Waals surface area contributed by atoms with E-state index in [2.05, 4.69) is 13.8 Å². The Bertz CT molecular complexity index is 80.2. The Balaban J connectivity index is -0.0000000389. The molecule has 0 aliphatic carbocycles. The molecular formula is C6H16O6. The summed E-state index contributed by atoms with van der Waals surface area (Å²) in [5.74, 6) is 0. The molecule has 0 amide bonds. The van der Waals surface area contributed by atoms with Crippen molar-refractivity contribution in [2.24, 2.45) is 0 Å². The van der Waals surface area contributed by atoms with E-state index >= 15 is 0 Å². The van der Waals surface area contributed by atoms with Crippen LogP contribution in [0.3, 0.4) is 0 Å². The Labute approximate surface area is 71.1 Å². The van der Waals surface area contributed by atoms with Crippen molar-refractivity contribution in [1.82, 2.24) is 0 Å². The standard InChI is InChI=1S/C3H8.2CH2O3.CH4/c1-3-2;2*2-1(3)4;/h3H2,1-2H3;2*(H2,2,3,4);1H4. The van der Waals surface area contributed by atoms with Crippen molar-refractivity contribution >= 4 is 12.3 Å². The first-order chi connectivity index (χ1) is 4.88. The Kier molecular flexibility index (Phi) is 42.4. The van der Waals surface area contributed by atoms with Gasteiger partial charge in [0.2, 0.25) is 0 Å². The van der Waals surface area contributed by atoms with Crippen molar-refractivity contribution in [3.8, 4) is 0 Å². The molecule has 0 spiro atoms. The molecule has 0 rings (SSSR count). The third-order valence-corrected chi connectivity index (χ3v) is 0. The van der Waals surface area contributed by atoms with E-state index in [1.807, 2.05) is 0 Å². The summed E-state index contributed by atoms with van der Waals surface area (Å²) in [7, 11) is 0. The predicted molar refractivity (Wildman–Crippen MR) is 44.0 cm³/mol. The third-order valence-electron chi connectivity index (χ3n) is 0. The van der Waals surface area contributed by atoms with Gasteiger partial charge in [-0.25, -0.2) is 9.59 Å². The first kappa shape index (κ1) is 22.4. The van der Waals surface area contributed by atoms with Gasteiger partial charge >= 0.3 is 12.3 Å². The van der Waals surface area contributed by atoms with Crippen LogP contribution >= 0.6 is 0 Å². The van der Waals surface area contributed by atoms with Gasteiger partial charge in [0.15, 0.2) is 0 Å². The van der Waals surface area contributed by atoms with Gasteiger partial charge in [-0.15, -0.1) is 0 Å². The van der Waals surface area contributed by atoms with E-state index in [-0.39, 0.29) is 7.43 Å². The molecule has 0 aromatic carbocycles. The van der Waals surface area contributed by atoms with Gasteiger partial charge in [0.25, 0.3) is 0 Å². The van der Waals surface area contributed by atoms with E-state index in [9.17, 15) is 0 Å². The lowest BCUT2D eigenvalue weighted by molar-refractivity contribution is 0.135. The molecule has 0 aromatic heterocycles. The number of hydrogen-bond acceptors (Lipinski definition) is 2. The fourth-order valence-corrected chi connectivity index (χ4v) is 0. The average Bonchev–Trinajstić information content (AvgIpc) is 1.60. The van der Waals surface area contributed by atoms with Crippen molar-refractivity contribution in [1.29, 1.82) is 0 Å². The molecule has 0 aliphatic heterocycles. The zero-order valence-electron chi connectivity index (χ0n) is 6.31. The van der Waals surface area contributed by atoms with Gasteiger partial charge < -0.3 is 20.4 Å². The summed E-state index contributed by atoms with van der Waals surface area (Å²) in [6.45, 7) is 4.25. The minimum atomic E-state index is -1.83. The van der Waals surface area contributed by atoms with Crippen molar-refractivity contribution in [2.75, 3.05) is 0 Å². The van der Waals surface area contributed by atoms with Gasteiger partial charge in [0, 0.05) is 0 Å². The van der Waals surface area contributed by atoms with E-state index in [1.54, 1.807) is 0 Å². The summed E-state index contributed by atoms with van der Waals surface area (Å²) in [5.41, 5.74) is 0. The van der Waals surface area contributed by atoms with Crippen molar-refractivity contribution in [3.05, 3.63) is 0 Å². The fourth-order valence-electron chi connectivity index (χ4n) is 0. The monoisotopic (exact) mass is 184 g/mol. The topological polar surface area (TPSA) is 115 Å². The molecule has 4 N–H and O–H groups in total. The molecule has 0 aromatic rings. The zero-order valence-corrected chi connectivity index (χ0v) is 6.31. The Morgan fingerprint density at radius 1 is 0.917 bits per heavy atom. The summed E-state index contributed by atoms with van der Waals surface area (Å²) in [6, 6.07) is 0. The molecule has 0 atom stereocenters. The molecule has 0 saturated heterocycles. The molecular weight excluding hydrogens is 168 g/mol. The van der Waals surface area contributed by atoms with Crippen LogP contribution in [0.25, 0.3) is 0 Å². The highest BCUT2D eigenvalue weighted by Gasteiger charge is 1.70. The molecule has 0 aliphatic rings. The maximum Gasteiger partial charge on any atom is 0.503 e. The van der Waals surface area contributed by atoms with Crippen LogP contribution < -0.4 is 0 Å². The van der Waals surface area contributed by atoms with Crippen LogP contribution in [0.4, 0.5) is 9.59 Å². The molecule has 12 heavy (non-hydrogen) atoms. The number of rotatable bonds is 0. The van der Waals surface area contributed by atoms with Gasteiger partial charge in [0.05, 0.1) is 0 Å². The molecule has 0 unspecified atom stereocenters. The van der Waals surface area contributed by atoms with Crippen molar-refractivity contribution < 1.29 is 30.0 Å². The van der Waals surface area contributed by atoms with E-state index in [1.165, 1.54) is 6.42 Å². The van der Waals surface area contributed by atoms with E-state index in [0.717, 1.165) is 0 Å². The first-order valence-corrected chi connectivity index (χ1v) is 2.72. The molecule has 76 valence electrons. The highest BCUT2D eigenvalue weighted by molar-refractivity contribution is 5.53. The van der Waals surface area contributed by atoms with Gasteiger partial charge in [-0.3, -0.25) is 0 Å². The summed E-state index contributed by atoms with van der Waals surface area (Å²) >= 11 is 0. The molecule has 6 heteroatoms. The number of carbonyl (C=O) groups is 2. The quantitative estimate of drug-likeness (QED) is 0.459. The number of hydrogen-bond donors (Lipinski definition) is 4. The minimum absolute atomic E-state index is 0. The van der Waals surface area contributed by atoms with Gasteiger partial charge in [-0.05, 0) is 0 Å². The minimum Gasteiger partial charge on any atom is -0.450 e. The van der Waals surface area contributed by atoms with Gasteiger partial charge in [-0.2, -0.15) is 0 Å². The average molecular weight is 184 g/mol. The SMILES string of the molecule is C.CCC.O=C(O)O.O=C(O)O. The third kappa shape index (κ3) is 228. The molecule has 0 saturated carbocycles. The second kappa shape index (κ2) is 22.7. The Hall–Kier alpha value is -1.46. The highest BCUT2D eigenvalue weighted by atomic mass is 16.6. The summed E-state index contributed by atoms with van der Waals surface area (Å²) < 4.78 is 0. The van der Waals surface area contributed by atoms with E-state index in [4.69, 9.17) is 30.0 Å². The smallest absolute Gasteiger partial charge is 0.450 e. The van der Waals surface area contributed by atoms with Crippen LogP contribution in [0.2, 0.25) is 0 Å². The lowest BCUT2D eigenvalue weighted by atomic mass is 10.6. The lowest BCUT2D eigenvalue weighted by Gasteiger charge is -1.60. The summed E-state index contributed by atoms with van der Waals surface area (Å²) in [4.78, 5) is 17.1. The van der Waals surface area contributed by atoms with E-state index < -0.39 is 12.3 Å². The van der Waals surface area contributed by atoms with Crippen LogP contribution in [-0.4, -0.2) is 32.7 Å². The molecule has 0 bridgehead atoms. The van der Waals surface area contributed by atoms with Crippen LogP contribution in [0.5, 0.6) is 0 Å². The van der Waals surface area contributed by atoms with Gasteiger partial charge in [0.1, 0.15) is 0 Å². The van der Waals surface area contributed by atoms with Crippen LogP contribution in [-0.2, 0) is 0 Å². The van der Waals surface area contributed by atoms with Crippen molar-refractivity contribution in [2.45, 2.75) is 27.7 Å². The first-order valence-electron chi connectivity index (χ1n) is 2.72. The lowest BCUT2D eigenvalue weighted by Crippen LogP contribution is -1.81. The number of carboxylic acid groups (broad SMARTS) is 4. The summed E-state index contributed by atoms with van der Waals surface area (Å²) in [6.07, 6.45) is -2.42. The zero-order chi connectivity index (χ0) is 9.86. The Morgan fingerprint density at radius 2 is 0.917 bits per heavy atom. The van der Waals surface area contributed by atoms with Crippen molar-refractivity contribution in [3.63, 3.8) is 0 Å². The van der Waals surface area contributed by atoms with Crippen LogP contribution in [0.1, 0.15) is 27.7 Å². The molecule has 0 fully saturated rings. The molecule has 0 heterocycles. The second-order valence-electron chi connectivity index (χ2n) is 1.27. The maximum atomic E-state index is 8.56. The second-order valence-corrected chi connectivity index (χ2v) is 1.27.